The summed E-state index contributed by atoms with van der Waals surface area (Å²) in [5.41, 5.74) is 4.19. The molecule has 0 aliphatic heterocycles. The molecule has 0 saturated heterocycles. The first-order chi connectivity index (χ1) is 14.0. The van der Waals surface area contributed by atoms with Crippen LogP contribution in [0.2, 0.25) is 0 Å². The minimum atomic E-state index is -0.0611. The third-order valence-corrected chi connectivity index (χ3v) is 5.69. The standard InChI is InChI=1S/C25H33N3O/c1-5-28(6-2)15-7-8-18(3)26-23-12-11-20-16-22(10-9-21(20)17-23)24-13-14-25(29)27-19(24)4/h9-14,16-18,26H,5-8,15H2,1-4H3,(H,27,29). The average molecular weight is 392 g/mol. The summed E-state index contributed by atoms with van der Waals surface area (Å²) < 4.78 is 0. The zero-order valence-electron chi connectivity index (χ0n) is 18.1. The van der Waals surface area contributed by atoms with E-state index in [2.05, 4.69) is 72.4 Å². The number of aromatic amines is 1. The van der Waals surface area contributed by atoms with E-state index in [4.69, 9.17) is 0 Å². The first kappa shape index (κ1) is 21.1. The summed E-state index contributed by atoms with van der Waals surface area (Å²) >= 11 is 0. The van der Waals surface area contributed by atoms with E-state index < -0.39 is 0 Å². The number of H-pyrrole nitrogens is 1. The van der Waals surface area contributed by atoms with Gasteiger partial charge in [0.2, 0.25) is 5.56 Å². The Morgan fingerprint density at radius 2 is 1.72 bits per heavy atom. The highest BCUT2D eigenvalue weighted by Gasteiger charge is 2.07. The van der Waals surface area contributed by atoms with Crippen molar-refractivity contribution in [2.45, 2.75) is 46.6 Å². The zero-order chi connectivity index (χ0) is 20.8. The molecule has 4 nitrogen and oxygen atoms in total. The molecule has 4 heteroatoms. The van der Waals surface area contributed by atoms with E-state index in [0.717, 1.165) is 29.9 Å². The van der Waals surface area contributed by atoms with Crippen molar-refractivity contribution in [3.8, 4) is 11.1 Å². The lowest BCUT2D eigenvalue weighted by atomic mass is 10.00. The van der Waals surface area contributed by atoms with Gasteiger partial charge in [-0.2, -0.15) is 0 Å². The van der Waals surface area contributed by atoms with Gasteiger partial charge in [-0.25, -0.2) is 0 Å². The van der Waals surface area contributed by atoms with E-state index in [1.54, 1.807) is 6.07 Å². The molecule has 1 atom stereocenters. The van der Waals surface area contributed by atoms with E-state index in [-0.39, 0.29) is 5.56 Å². The molecule has 1 unspecified atom stereocenters. The molecular formula is C25H33N3O. The number of pyridine rings is 1. The van der Waals surface area contributed by atoms with Gasteiger partial charge < -0.3 is 15.2 Å². The Hall–Kier alpha value is -2.59. The summed E-state index contributed by atoms with van der Waals surface area (Å²) in [4.78, 5) is 16.8. The summed E-state index contributed by atoms with van der Waals surface area (Å²) in [5, 5.41) is 6.07. The molecule has 0 radical (unpaired) electrons. The molecule has 2 N–H and O–H groups in total. The fourth-order valence-corrected chi connectivity index (χ4v) is 3.91. The smallest absolute Gasteiger partial charge is 0.248 e. The lowest BCUT2D eigenvalue weighted by molar-refractivity contribution is 0.295. The Balaban J connectivity index is 1.68. The Bertz CT molecular complexity index is 1000. The topological polar surface area (TPSA) is 48.1 Å². The molecule has 154 valence electrons. The molecule has 29 heavy (non-hydrogen) atoms. The van der Waals surface area contributed by atoms with Gasteiger partial charge in [-0.3, -0.25) is 4.79 Å². The summed E-state index contributed by atoms with van der Waals surface area (Å²) in [7, 11) is 0. The first-order valence-electron chi connectivity index (χ1n) is 10.7. The molecule has 0 spiro atoms. The molecule has 0 bridgehead atoms. The highest BCUT2D eigenvalue weighted by molar-refractivity contribution is 5.90. The van der Waals surface area contributed by atoms with Crippen molar-refractivity contribution in [2.24, 2.45) is 0 Å². The molecule has 1 aromatic heterocycles. The second-order valence-electron chi connectivity index (χ2n) is 7.85. The van der Waals surface area contributed by atoms with E-state index in [1.165, 1.54) is 35.8 Å². The molecule has 1 heterocycles. The Morgan fingerprint density at radius 3 is 2.45 bits per heavy atom. The summed E-state index contributed by atoms with van der Waals surface area (Å²) in [6.45, 7) is 12.1. The van der Waals surface area contributed by atoms with Gasteiger partial charge in [0.05, 0.1) is 0 Å². The molecule has 2 aromatic carbocycles. The molecule has 0 aliphatic rings. The van der Waals surface area contributed by atoms with Crippen molar-refractivity contribution in [1.82, 2.24) is 9.88 Å². The Kier molecular flexibility index (Phi) is 7.10. The van der Waals surface area contributed by atoms with Crippen LogP contribution in [-0.2, 0) is 0 Å². The second kappa shape index (κ2) is 9.75. The quantitative estimate of drug-likeness (QED) is 0.512. The number of hydrogen-bond acceptors (Lipinski definition) is 3. The summed E-state index contributed by atoms with van der Waals surface area (Å²) in [6.07, 6.45) is 2.38. The third-order valence-electron chi connectivity index (χ3n) is 5.69. The maximum atomic E-state index is 11.5. The van der Waals surface area contributed by atoms with E-state index >= 15 is 0 Å². The molecule has 0 aliphatic carbocycles. The number of rotatable bonds is 9. The minimum absolute atomic E-state index is 0.0611. The van der Waals surface area contributed by atoms with Crippen LogP contribution in [0.15, 0.2) is 53.3 Å². The fourth-order valence-electron chi connectivity index (χ4n) is 3.91. The van der Waals surface area contributed by atoms with Gasteiger partial charge in [0.15, 0.2) is 0 Å². The highest BCUT2D eigenvalue weighted by atomic mass is 16.1. The van der Waals surface area contributed by atoms with Gasteiger partial charge in [-0.05, 0) is 86.9 Å². The predicted octanol–water partition coefficient (Wildman–Crippen LogP) is 5.43. The van der Waals surface area contributed by atoms with Crippen LogP contribution in [0.4, 0.5) is 5.69 Å². The SMILES string of the molecule is CCN(CC)CCCC(C)Nc1ccc2cc(-c3ccc(=O)[nH]c3C)ccc2c1. The van der Waals surface area contributed by atoms with Crippen LogP contribution in [0.25, 0.3) is 21.9 Å². The van der Waals surface area contributed by atoms with Crippen LogP contribution in [0, 0.1) is 6.92 Å². The minimum Gasteiger partial charge on any atom is -0.383 e. The van der Waals surface area contributed by atoms with Crippen LogP contribution >= 0.6 is 0 Å². The second-order valence-corrected chi connectivity index (χ2v) is 7.85. The van der Waals surface area contributed by atoms with Crippen molar-refractivity contribution < 1.29 is 0 Å². The average Bonchev–Trinajstić information content (AvgIpc) is 2.71. The number of anilines is 1. The first-order valence-corrected chi connectivity index (χ1v) is 10.7. The molecule has 3 aromatic rings. The van der Waals surface area contributed by atoms with Crippen LogP contribution < -0.4 is 10.9 Å². The fraction of sp³-hybridized carbons (Fsp3) is 0.400. The molecular weight excluding hydrogens is 358 g/mol. The van der Waals surface area contributed by atoms with Crippen LogP contribution in [0.5, 0.6) is 0 Å². The summed E-state index contributed by atoms with van der Waals surface area (Å²) in [6, 6.07) is 17.0. The third kappa shape index (κ3) is 5.48. The van der Waals surface area contributed by atoms with Crippen LogP contribution in [0.1, 0.15) is 39.3 Å². The van der Waals surface area contributed by atoms with E-state index in [1.807, 2.05) is 13.0 Å². The Labute approximate surface area is 174 Å². The zero-order valence-corrected chi connectivity index (χ0v) is 18.1. The number of benzene rings is 2. The maximum absolute atomic E-state index is 11.5. The molecule has 0 saturated carbocycles. The van der Waals surface area contributed by atoms with Gasteiger partial charge in [0.1, 0.15) is 0 Å². The van der Waals surface area contributed by atoms with Crippen molar-refractivity contribution in [3.05, 3.63) is 64.6 Å². The Morgan fingerprint density at radius 1 is 1.00 bits per heavy atom. The van der Waals surface area contributed by atoms with Crippen molar-refractivity contribution >= 4 is 16.5 Å². The van der Waals surface area contributed by atoms with Crippen molar-refractivity contribution in [2.75, 3.05) is 25.0 Å². The molecule has 3 rings (SSSR count). The van der Waals surface area contributed by atoms with E-state index in [9.17, 15) is 4.79 Å². The van der Waals surface area contributed by atoms with E-state index in [0.29, 0.717) is 6.04 Å². The number of aromatic nitrogens is 1. The predicted molar refractivity (Wildman–Crippen MR) is 125 cm³/mol. The van der Waals surface area contributed by atoms with Gasteiger partial charge in [0, 0.05) is 29.1 Å². The number of nitrogens with one attached hydrogen (secondary N) is 2. The number of fused-ring (bicyclic) bond motifs is 1. The van der Waals surface area contributed by atoms with Crippen molar-refractivity contribution in [1.29, 1.82) is 0 Å². The summed E-state index contributed by atoms with van der Waals surface area (Å²) in [5.74, 6) is 0. The van der Waals surface area contributed by atoms with Crippen LogP contribution in [0.3, 0.4) is 0 Å². The maximum Gasteiger partial charge on any atom is 0.248 e. The lowest BCUT2D eigenvalue weighted by Crippen LogP contribution is -2.25. The normalized spacial score (nSPS) is 12.4. The molecule has 0 fully saturated rings. The lowest BCUT2D eigenvalue weighted by Gasteiger charge is -2.20. The van der Waals surface area contributed by atoms with Gasteiger partial charge in [-0.15, -0.1) is 0 Å². The van der Waals surface area contributed by atoms with Crippen LogP contribution in [-0.4, -0.2) is 35.6 Å². The number of nitrogens with zero attached hydrogens (tertiary/aromatic N) is 1. The largest absolute Gasteiger partial charge is 0.383 e. The molecule has 0 amide bonds. The van der Waals surface area contributed by atoms with Crippen molar-refractivity contribution in [3.63, 3.8) is 0 Å². The van der Waals surface area contributed by atoms with Gasteiger partial charge in [-0.1, -0.05) is 32.0 Å². The monoisotopic (exact) mass is 391 g/mol. The number of hydrogen-bond donors (Lipinski definition) is 2. The highest BCUT2D eigenvalue weighted by Crippen LogP contribution is 2.27. The van der Waals surface area contributed by atoms with Gasteiger partial charge >= 0.3 is 0 Å². The van der Waals surface area contributed by atoms with Gasteiger partial charge in [0.25, 0.3) is 0 Å². The number of aryl methyl sites for hydroxylation is 1.